The van der Waals surface area contributed by atoms with Crippen molar-refractivity contribution in [1.29, 1.82) is 0 Å². The summed E-state index contributed by atoms with van der Waals surface area (Å²) in [6.45, 7) is 5.62. The molecule has 0 unspecified atom stereocenters. The fourth-order valence-electron chi connectivity index (χ4n) is 2.59. The standard InChI is InChI=1S/C17H23N5O3/c1-12-10-24-13(2)9-22(12)17(23)18-8-15-19-16(21-20-15)11-25-14-6-4-3-5-7-14/h3-7,12-13H,8-11H2,1-2H3,(H,18,23)(H,19,20,21)/t12-,13+/m1/s1. The minimum atomic E-state index is -0.130. The number of morpholine rings is 1. The lowest BCUT2D eigenvalue weighted by molar-refractivity contribution is -0.0318. The maximum absolute atomic E-state index is 12.3. The van der Waals surface area contributed by atoms with Crippen molar-refractivity contribution < 1.29 is 14.3 Å². The van der Waals surface area contributed by atoms with Gasteiger partial charge in [0.2, 0.25) is 0 Å². The van der Waals surface area contributed by atoms with Crippen LogP contribution >= 0.6 is 0 Å². The van der Waals surface area contributed by atoms with Crippen LogP contribution in [0.2, 0.25) is 0 Å². The lowest BCUT2D eigenvalue weighted by Gasteiger charge is -2.36. The Balaban J connectivity index is 1.47. The number of nitrogens with zero attached hydrogens (tertiary/aromatic N) is 3. The first-order valence-corrected chi connectivity index (χ1v) is 8.36. The van der Waals surface area contributed by atoms with Gasteiger partial charge in [-0.3, -0.25) is 5.10 Å². The third-order valence-corrected chi connectivity index (χ3v) is 3.96. The zero-order valence-electron chi connectivity index (χ0n) is 14.4. The van der Waals surface area contributed by atoms with E-state index < -0.39 is 0 Å². The molecule has 1 aromatic heterocycles. The Morgan fingerprint density at radius 2 is 2.20 bits per heavy atom. The summed E-state index contributed by atoms with van der Waals surface area (Å²) in [6, 6.07) is 9.42. The molecule has 2 amide bonds. The number of amides is 2. The first kappa shape index (κ1) is 17.2. The van der Waals surface area contributed by atoms with Crippen molar-refractivity contribution >= 4 is 6.03 Å². The number of carbonyl (C=O) groups excluding carboxylic acids is 1. The normalized spacial score (nSPS) is 20.3. The van der Waals surface area contributed by atoms with Gasteiger partial charge in [0.15, 0.2) is 11.6 Å². The van der Waals surface area contributed by atoms with Crippen molar-refractivity contribution in [3.8, 4) is 5.75 Å². The SMILES string of the molecule is C[C@@H]1CO[C@@H](C)CN1C(=O)NCc1n[nH]c(COc2ccccc2)n1. The van der Waals surface area contributed by atoms with Crippen molar-refractivity contribution in [2.45, 2.75) is 39.1 Å². The molecule has 0 radical (unpaired) electrons. The highest BCUT2D eigenvalue weighted by molar-refractivity contribution is 5.74. The van der Waals surface area contributed by atoms with E-state index >= 15 is 0 Å². The van der Waals surface area contributed by atoms with E-state index in [0.717, 1.165) is 5.75 Å². The fourth-order valence-corrected chi connectivity index (χ4v) is 2.59. The number of aromatic nitrogens is 3. The molecule has 2 atom stereocenters. The Bertz CT molecular complexity index is 691. The van der Waals surface area contributed by atoms with Gasteiger partial charge in [0.25, 0.3) is 0 Å². The lowest BCUT2D eigenvalue weighted by atomic mass is 10.2. The number of H-pyrrole nitrogens is 1. The number of benzene rings is 1. The number of hydrogen-bond acceptors (Lipinski definition) is 5. The van der Waals surface area contributed by atoms with Crippen LogP contribution in [0.1, 0.15) is 25.5 Å². The molecular formula is C17H23N5O3. The minimum Gasteiger partial charge on any atom is -0.486 e. The minimum absolute atomic E-state index is 0.0483. The summed E-state index contributed by atoms with van der Waals surface area (Å²) in [4.78, 5) is 18.4. The van der Waals surface area contributed by atoms with Gasteiger partial charge in [0.1, 0.15) is 12.4 Å². The topological polar surface area (TPSA) is 92.4 Å². The van der Waals surface area contributed by atoms with Crippen LogP contribution in [-0.4, -0.2) is 51.4 Å². The van der Waals surface area contributed by atoms with Crippen molar-refractivity contribution in [1.82, 2.24) is 25.4 Å². The van der Waals surface area contributed by atoms with Gasteiger partial charge >= 0.3 is 6.03 Å². The van der Waals surface area contributed by atoms with Gasteiger partial charge in [-0.1, -0.05) is 18.2 Å². The molecule has 1 aliphatic rings. The summed E-state index contributed by atoms with van der Waals surface area (Å²) in [7, 11) is 0. The third-order valence-electron chi connectivity index (χ3n) is 3.96. The number of aromatic amines is 1. The molecule has 25 heavy (non-hydrogen) atoms. The molecule has 8 heteroatoms. The lowest BCUT2D eigenvalue weighted by Crippen LogP contribution is -2.53. The van der Waals surface area contributed by atoms with E-state index in [-0.39, 0.29) is 24.7 Å². The summed E-state index contributed by atoms with van der Waals surface area (Å²) in [6.07, 6.45) is 0.0483. The van der Waals surface area contributed by atoms with E-state index in [1.54, 1.807) is 4.90 Å². The summed E-state index contributed by atoms with van der Waals surface area (Å²) in [5.41, 5.74) is 0. The van der Waals surface area contributed by atoms with Gasteiger partial charge in [0, 0.05) is 6.54 Å². The zero-order chi connectivity index (χ0) is 17.6. The molecule has 0 aliphatic carbocycles. The van der Waals surface area contributed by atoms with Crippen LogP contribution in [0, 0.1) is 0 Å². The smallest absolute Gasteiger partial charge is 0.318 e. The predicted octanol–water partition coefficient (Wildman–Crippen LogP) is 1.70. The monoisotopic (exact) mass is 345 g/mol. The average molecular weight is 345 g/mol. The highest BCUT2D eigenvalue weighted by Crippen LogP contribution is 2.12. The maximum atomic E-state index is 12.3. The number of carbonyl (C=O) groups is 1. The predicted molar refractivity (Wildman–Crippen MR) is 91.0 cm³/mol. The van der Waals surface area contributed by atoms with Gasteiger partial charge in [-0.2, -0.15) is 5.10 Å². The molecule has 1 saturated heterocycles. The highest BCUT2D eigenvalue weighted by atomic mass is 16.5. The van der Waals surface area contributed by atoms with Crippen LogP contribution in [0.15, 0.2) is 30.3 Å². The molecule has 1 aromatic carbocycles. The molecule has 3 rings (SSSR count). The van der Waals surface area contributed by atoms with Crippen LogP contribution in [0.5, 0.6) is 5.75 Å². The second-order valence-electron chi connectivity index (χ2n) is 6.10. The Morgan fingerprint density at radius 3 is 3.00 bits per heavy atom. The molecule has 8 nitrogen and oxygen atoms in total. The number of urea groups is 1. The van der Waals surface area contributed by atoms with Gasteiger partial charge in [0.05, 0.1) is 25.3 Å². The van der Waals surface area contributed by atoms with E-state index in [9.17, 15) is 4.79 Å². The molecular weight excluding hydrogens is 322 g/mol. The number of ether oxygens (including phenoxy) is 2. The summed E-state index contributed by atoms with van der Waals surface area (Å²) in [5, 5.41) is 9.78. The number of rotatable bonds is 5. The van der Waals surface area contributed by atoms with Crippen molar-refractivity contribution in [3.05, 3.63) is 42.0 Å². The molecule has 0 bridgehead atoms. The first-order valence-electron chi connectivity index (χ1n) is 8.36. The van der Waals surface area contributed by atoms with Gasteiger partial charge < -0.3 is 19.7 Å². The Hall–Kier alpha value is -2.61. The van der Waals surface area contributed by atoms with Crippen molar-refractivity contribution in [2.24, 2.45) is 0 Å². The molecule has 0 saturated carbocycles. The summed E-state index contributed by atoms with van der Waals surface area (Å²) >= 11 is 0. The molecule has 2 aromatic rings. The molecule has 2 N–H and O–H groups in total. The van der Waals surface area contributed by atoms with Crippen LogP contribution in [-0.2, 0) is 17.9 Å². The number of hydrogen-bond donors (Lipinski definition) is 2. The molecule has 0 spiro atoms. The van der Waals surface area contributed by atoms with Crippen LogP contribution in [0.25, 0.3) is 0 Å². The number of nitrogens with one attached hydrogen (secondary N) is 2. The quantitative estimate of drug-likeness (QED) is 0.860. The van der Waals surface area contributed by atoms with E-state index in [1.807, 2.05) is 44.2 Å². The zero-order valence-corrected chi connectivity index (χ0v) is 14.4. The largest absolute Gasteiger partial charge is 0.486 e. The van der Waals surface area contributed by atoms with Gasteiger partial charge in [-0.25, -0.2) is 9.78 Å². The first-order chi connectivity index (χ1) is 12.1. The van der Waals surface area contributed by atoms with Crippen molar-refractivity contribution in [2.75, 3.05) is 13.2 Å². The fraction of sp³-hybridized carbons (Fsp3) is 0.471. The van der Waals surface area contributed by atoms with Crippen LogP contribution in [0.3, 0.4) is 0 Å². The second kappa shape index (κ2) is 7.98. The maximum Gasteiger partial charge on any atom is 0.318 e. The van der Waals surface area contributed by atoms with Gasteiger partial charge in [-0.15, -0.1) is 0 Å². The van der Waals surface area contributed by atoms with E-state index in [4.69, 9.17) is 9.47 Å². The van der Waals surface area contributed by atoms with Crippen LogP contribution < -0.4 is 10.1 Å². The van der Waals surface area contributed by atoms with Gasteiger partial charge in [-0.05, 0) is 26.0 Å². The van der Waals surface area contributed by atoms with E-state index in [0.29, 0.717) is 31.4 Å². The Labute approximate surface area is 146 Å². The van der Waals surface area contributed by atoms with E-state index in [2.05, 4.69) is 20.5 Å². The Kier molecular flexibility index (Phi) is 5.49. The Morgan fingerprint density at radius 1 is 1.40 bits per heavy atom. The third kappa shape index (κ3) is 4.69. The summed E-state index contributed by atoms with van der Waals surface area (Å²) < 4.78 is 11.1. The highest BCUT2D eigenvalue weighted by Gasteiger charge is 2.27. The molecule has 134 valence electrons. The number of para-hydroxylation sites is 1. The second-order valence-corrected chi connectivity index (χ2v) is 6.10. The van der Waals surface area contributed by atoms with Crippen molar-refractivity contribution in [3.63, 3.8) is 0 Å². The molecule has 1 aliphatic heterocycles. The summed E-state index contributed by atoms with van der Waals surface area (Å²) in [5.74, 6) is 1.90. The molecule has 1 fully saturated rings. The average Bonchev–Trinajstić information content (AvgIpc) is 3.09. The van der Waals surface area contributed by atoms with E-state index in [1.165, 1.54) is 0 Å². The molecule has 2 heterocycles. The van der Waals surface area contributed by atoms with Crippen LogP contribution in [0.4, 0.5) is 4.79 Å².